The molecule has 0 saturated carbocycles. The Hall–Kier alpha value is -4.48. The number of rotatable bonds is 12. The summed E-state index contributed by atoms with van der Waals surface area (Å²) < 4.78 is 17.4. The molecule has 0 aliphatic carbocycles. The summed E-state index contributed by atoms with van der Waals surface area (Å²) in [5.41, 5.74) is 3.16. The Morgan fingerprint density at radius 2 is 1.84 bits per heavy atom. The van der Waals surface area contributed by atoms with Gasteiger partial charge in [-0.1, -0.05) is 18.2 Å². The van der Waals surface area contributed by atoms with E-state index in [4.69, 9.17) is 14.2 Å². The van der Waals surface area contributed by atoms with E-state index >= 15 is 0 Å². The summed E-state index contributed by atoms with van der Waals surface area (Å²) in [6.07, 6.45) is 4.22. The van der Waals surface area contributed by atoms with Crippen molar-refractivity contribution in [2.24, 2.45) is 4.99 Å². The Morgan fingerprint density at radius 1 is 1.05 bits per heavy atom. The number of ether oxygens (including phenoxy) is 3. The van der Waals surface area contributed by atoms with Crippen molar-refractivity contribution in [1.82, 2.24) is 30.6 Å². The first-order chi connectivity index (χ1) is 18.0. The first-order valence-corrected chi connectivity index (χ1v) is 11.7. The number of aryl methyl sites for hydroxylation is 1. The number of hydrogen-bond donors (Lipinski definition) is 2. The standard InChI is InChI=1S/C25H29N7O5/c1-5-15-6-8-17(27-12-15)21(18-13-28-18)29-25(34)19-14-32(31-30-19)11-10-26-24(33)16-7-9-20(35-2)23(37-4)22(16)36-3/h6-9,12,14,21H,5,10-11,13H2,1-4H3,(H,26,33)(H,29,34). The lowest BCUT2D eigenvalue weighted by atomic mass is 10.1. The fourth-order valence-corrected chi connectivity index (χ4v) is 3.75. The Labute approximate surface area is 214 Å². The van der Waals surface area contributed by atoms with Gasteiger partial charge in [0, 0.05) is 12.7 Å². The lowest BCUT2D eigenvalue weighted by molar-refractivity contribution is 0.0935. The van der Waals surface area contributed by atoms with Gasteiger partial charge in [-0.15, -0.1) is 5.10 Å². The van der Waals surface area contributed by atoms with Gasteiger partial charge in [-0.25, -0.2) is 4.68 Å². The smallest absolute Gasteiger partial charge is 0.274 e. The van der Waals surface area contributed by atoms with E-state index in [1.165, 1.54) is 32.2 Å². The van der Waals surface area contributed by atoms with Gasteiger partial charge in [0.15, 0.2) is 17.2 Å². The van der Waals surface area contributed by atoms with Crippen LogP contribution in [0.4, 0.5) is 0 Å². The zero-order valence-corrected chi connectivity index (χ0v) is 21.1. The number of carbonyl (C=O) groups is 2. The van der Waals surface area contributed by atoms with Gasteiger partial charge in [-0.2, -0.15) is 0 Å². The monoisotopic (exact) mass is 507 g/mol. The molecule has 1 unspecified atom stereocenters. The molecular formula is C25H29N7O5. The molecule has 1 aromatic carbocycles. The molecule has 2 aromatic heterocycles. The number of hydrogen-bond acceptors (Lipinski definition) is 9. The van der Waals surface area contributed by atoms with Gasteiger partial charge in [0.25, 0.3) is 11.8 Å². The summed E-state index contributed by atoms with van der Waals surface area (Å²) in [6, 6.07) is 6.72. The molecule has 0 saturated heterocycles. The highest BCUT2D eigenvalue weighted by Crippen LogP contribution is 2.39. The molecular weight excluding hydrogens is 478 g/mol. The normalized spacial score (nSPS) is 12.8. The summed E-state index contributed by atoms with van der Waals surface area (Å²) in [5.74, 6) is 0.315. The third-order valence-corrected chi connectivity index (χ3v) is 5.85. The van der Waals surface area contributed by atoms with Crippen molar-refractivity contribution in [1.29, 1.82) is 0 Å². The van der Waals surface area contributed by atoms with Gasteiger partial charge in [0.2, 0.25) is 5.75 Å². The van der Waals surface area contributed by atoms with Crippen LogP contribution in [0.1, 0.15) is 45.1 Å². The second kappa shape index (κ2) is 11.5. The lowest BCUT2D eigenvalue weighted by Gasteiger charge is -2.15. The predicted octanol–water partition coefficient (Wildman–Crippen LogP) is 1.62. The van der Waals surface area contributed by atoms with Crippen LogP contribution in [-0.4, -0.2) is 71.9 Å². The summed E-state index contributed by atoms with van der Waals surface area (Å²) in [5, 5.41) is 13.7. The van der Waals surface area contributed by atoms with Crippen LogP contribution < -0.4 is 24.8 Å². The number of aliphatic imine (C=N–C) groups is 1. The summed E-state index contributed by atoms with van der Waals surface area (Å²) >= 11 is 0. The predicted molar refractivity (Wildman–Crippen MR) is 135 cm³/mol. The first kappa shape index (κ1) is 25.6. The molecule has 3 heterocycles. The van der Waals surface area contributed by atoms with Crippen molar-refractivity contribution in [3.05, 3.63) is 59.2 Å². The number of nitrogens with one attached hydrogen (secondary N) is 2. The molecule has 0 radical (unpaired) electrons. The van der Waals surface area contributed by atoms with Crippen LogP contribution in [0, 0.1) is 0 Å². The second-order valence-electron chi connectivity index (χ2n) is 8.16. The van der Waals surface area contributed by atoms with Gasteiger partial charge in [-0.3, -0.25) is 19.6 Å². The number of pyridine rings is 1. The maximum Gasteiger partial charge on any atom is 0.274 e. The molecule has 2 N–H and O–H groups in total. The Balaban J connectivity index is 1.35. The SMILES string of the molecule is CCc1ccc(C(NC(=O)c2cn(CCNC(=O)c3ccc(OC)c(OC)c3OC)nn2)C2=NC2)nc1. The van der Waals surface area contributed by atoms with Crippen LogP contribution >= 0.6 is 0 Å². The van der Waals surface area contributed by atoms with Crippen LogP contribution in [-0.2, 0) is 13.0 Å². The fourth-order valence-electron chi connectivity index (χ4n) is 3.75. The Kier molecular flexibility index (Phi) is 7.96. The van der Waals surface area contributed by atoms with E-state index in [2.05, 4.69) is 37.8 Å². The van der Waals surface area contributed by atoms with Gasteiger partial charge in [-0.05, 0) is 30.2 Å². The van der Waals surface area contributed by atoms with Crippen LogP contribution in [0.15, 0.2) is 41.7 Å². The van der Waals surface area contributed by atoms with E-state index < -0.39 is 6.04 Å². The highest BCUT2D eigenvalue weighted by molar-refractivity contribution is 6.05. The largest absolute Gasteiger partial charge is 0.493 e. The van der Waals surface area contributed by atoms with E-state index in [0.717, 1.165) is 23.4 Å². The molecule has 0 bridgehead atoms. The van der Waals surface area contributed by atoms with E-state index in [9.17, 15) is 9.59 Å². The molecule has 1 atom stereocenters. The van der Waals surface area contributed by atoms with Crippen molar-refractivity contribution in [3.63, 3.8) is 0 Å². The molecule has 3 aromatic rings. The molecule has 4 rings (SSSR count). The van der Waals surface area contributed by atoms with Crippen LogP contribution in [0.25, 0.3) is 0 Å². The summed E-state index contributed by atoms with van der Waals surface area (Å²) in [6.45, 7) is 3.20. The Morgan fingerprint density at radius 3 is 2.46 bits per heavy atom. The molecule has 12 nitrogen and oxygen atoms in total. The minimum atomic E-state index is -0.403. The van der Waals surface area contributed by atoms with Crippen molar-refractivity contribution in [2.75, 3.05) is 34.4 Å². The molecule has 37 heavy (non-hydrogen) atoms. The zero-order valence-electron chi connectivity index (χ0n) is 21.1. The molecule has 2 amide bonds. The topological polar surface area (TPSA) is 142 Å². The number of benzene rings is 1. The van der Waals surface area contributed by atoms with E-state index in [0.29, 0.717) is 30.2 Å². The van der Waals surface area contributed by atoms with Crippen molar-refractivity contribution < 1.29 is 23.8 Å². The lowest BCUT2D eigenvalue weighted by Crippen LogP contribution is -2.32. The number of nitrogens with zero attached hydrogens (tertiary/aromatic N) is 5. The number of methoxy groups -OCH3 is 3. The quantitative estimate of drug-likeness (QED) is 0.377. The molecule has 0 spiro atoms. The van der Waals surface area contributed by atoms with E-state index in [1.54, 1.807) is 18.3 Å². The Bertz CT molecular complexity index is 1300. The molecule has 0 fully saturated rings. The average Bonchev–Trinajstić information content (AvgIpc) is 3.67. The van der Waals surface area contributed by atoms with Crippen LogP contribution in [0.2, 0.25) is 0 Å². The summed E-state index contributed by atoms with van der Waals surface area (Å²) in [7, 11) is 4.43. The average molecular weight is 508 g/mol. The molecule has 12 heteroatoms. The molecule has 1 aliphatic heterocycles. The minimum Gasteiger partial charge on any atom is -0.493 e. The maximum atomic E-state index is 12.8. The van der Waals surface area contributed by atoms with Gasteiger partial charge >= 0.3 is 0 Å². The zero-order chi connectivity index (χ0) is 26.4. The fraction of sp³-hybridized carbons (Fsp3) is 0.360. The van der Waals surface area contributed by atoms with Gasteiger partial charge in [0.05, 0.1) is 57.6 Å². The highest BCUT2D eigenvalue weighted by atomic mass is 16.5. The third-order valence-electron chi connectivity index (χ3n) is 5.85. The highest BCUT2D eigenvalue weighted by Gasteiger charge is 2.28. The number of aromatic nitrogens is 4. The molecule has 1 aliphatic rings. The van der Waals surface area contributed by atoms with Crippen molar-refractivity contribution in [2.45, 2.75) is 25.9 Å². The van der Waals surface area contributed by atoms with Gasteiger partial charge < -0.3 is 24.8 Å². The summed E-state index contributed by atoms with van der Waals surface area (Å²) in [4.78, 5) is 34.3. The van der Waals surface area contributed by atoms with Crippen molar-refractivity contribution >= 4 is 17.5 Å². The minimum absolute atomic E-state index is 0.157. The number of carbonyl (C=O) groups excluding carboxylic acids is 2. The van der Waals surface area contributed by atoms with E-state index in [-0.39, 0.29) is 29.8 Å². The van der Waals surface area contributed by atoms with Crippen LogP contribution in [0.3, 0.4) is 0 Å². The third kappa shape index (κ3) is 5.85. The van der Waals surface area contributed by atoms with Gasteiger partial charge in [0.1, 0.15) is 6.04 Å². The van der Waals surface area contributed by atoms with Crippen molar-refractivity contribution in [3.8, 4) is 17.2 Å². The first-order valence-electron chi connectivity index (χ1n) is 11.7. The number of amides is 2. The van der Waals surface area contributed by atoms with Crippen LogP contribution in [0.5, 0.6) is 17.2 Å². The van der Waals surface area contributed by atoms with E-state index in [1.807, 2.05) is 12.1 Å². The second-order valence-corrected chi connectivity index (χ2v) is 8.16. The maximum absolute atomic E-state index is 12.8. The molecule has 194 valence electrons.